The molecule has 0 bridgehead atoms. The van der Waals surface area contributed by atoms with E-state index in [9.17, 15) is 0 Å². The summed E-state index contributed by atoms with van der Waals surface area (Å²) >= 11 is 1.58. The first-order valence-electron chi connectivity index (χ1n) is 5.29. The fourth-order valence-corrected chi connectivity index (χ4v) is 2.06. The van der Waals surface area contributed by atoms with Gasteiger partial charge in [0.15, 0.2) is 0 Å². The van der Waals surface area contributed by atoms with Crippen molar-refractivity contribution in [3.8, 4) is 0 Å². The Morgan fingerprint density at radius 1 is 1.18 bits per heavy atom. The highest BCUT2D eigenvalue weighted by Gasteiger charge is 2.00. The third kappa shape index (κ3) is 3.72. The van der Waals surface area contributed by atoms with Crippen molar-refractivity contribution < 1.29 is 5.11 Å². The Hall–Kier alpha value is -1.59. The van der Waals surface area contributed by atoms with Crippen molar-refractivity contribution in [2.24, 2.45) is 0 Å². The van der Waals surface area contributed by atoms with Crippen LogP contribution in [0.5, 0.6) is 0 Å². The topological polar surface area (TPSA) is 58.0 Å². The largest absolute Gasteiger partial charge is 0.395 e. The average Bonchev–Trinajstić information content (AvgIpc) is 2.38. The van der Waals surface area contributed by atoms with E-state index >= 15 is 0 Å². The van der Waals surface area contributed by atoms with Gasteiger partial charge in [0.25, 0.3) is 0 Å². The minimum atomic E-state index is 0.0689. The van der Waals surface area contributed by atoms with Crippen LogP contribution in [0.25, 0.3) is 0 Å². The predicted octanol–water partition coefficient (Wildman–Crippen LogP) is 2.03. The van der Waals surface area contributed by atoms with E-state index in [2.05, 4.69) is 15.3 Å². The van der Waals surface area contributed by atoms with Crippen LogP contribution >= 0.6 is 11.8 Å². The lowest BCUT2D eigenvalue weighted by atomic mass is 10.4. The molecular formula is C12H13N3OS. The third-order valence-electron chi connectivity index (χ3n) is 1.99. The Kier molecular flexibility index (Phi) is 4.35. The van der Waals surface area contributed by atoms with E-state index in [1.54, 1.807) is 18.0 Å². The van der Waals surface area contributed by atoms with Crippen molar-refractivity contribution >= 4 is 17.7 Å². The van der Waals surface area contributed by atoms with Crippen LogP contribution in [0.4, 0.5) is 5.95 Å². The first kappa shape index (κ1) is 11.9. The van der Waals surface area contributed by atoms with Gasteiger partial charge >= 0.3 is 0 Å². The lowest BCUT2D eigenvalue weighted by Gasteiger charge is -2.04. The van der Waals surface area contributed by atoms with Gasteiger partial charge in [-0.15, -0.1) is 0 Å². The summed E-state index contributed by atoms with van der Waals surface area (Å²) in [7, 11) is 0. The van der Waals surface area contributed by atoms with Crippen molar-refractivity contribution in [1.29, 1.82) is 0 Å². The molecule has 0 radical (unpaired) electrons. The van der Waals surface area contributed by atoms with E-state index in [1.807, 2.05) is 36.4 Å². The molecule has 4 nitrogen and oxygen atoms in total. The molecule has 2 rings (SSSR count). The lowest BCUT2D eigenvalue weighted by molar-refractivity contribution is 0.310. The normalized spacial score (nSPS) is 10.2. The maximum Gasteiger partial charge on any atom is 0.223 e. The van der Waals surface area contributed by atoms with Gasteiger partial charge in [-0.3, -0.25) is 0 Å². The first-order chi connectivity index (χ1) is 8.38. The average molecular weight is 247 g/mol. The summed E-state index contributed by atoms with van der Waals surface area (Å²) in [4.78, 5) is 9.55. The van der Waals surface area contributed by atoms with Crippen LogP contribution in [0.1, 0.15) is 0 Å². The third-order valence-corrected chi connectivity index (χ3v) is 2.93. The SMILES string of the molecule is OCCNc1nccc(Sc2ccccc2)n1. The van der Waals surface area contributed by atoms with Crippen LogP contribution < -0.4 is 5.32 Å². The van der Waals surface area contributed by atoms with E-state index in [-0.39, 0.29) is 6.61 Å². The summed E-state index contributed by atoms with van der Waals surface area (Å²) in [5.74, 6) is 0.542. The molecular weight excluding hydrogens is 234 g/mol. The zero-order valence-corrected chi connectivity index (χ0v) is 10.0. The van der Waals surface area contributed by atoms with Gasteiger partial charge in [-0.05, 0) is 18.2 Å². The Morgan fingerprint density at radius 3 is 2.76 bits per heavy atom. The van der Waals surface area contributed by atoms with Crippen LogP contribution in [-0.4, -0.2) is 28.2 Å². The van der Waals surface area contributed by atoms with Gasteiger partial charge in [-0.25, -0.2) is 9.97 Å². The zero-order chi connectivity index (χ0) is 11.9. The van der Waals surface area contributed by atoms with E-state index < -0.39 is 0 Å². The molecule has 1 aromatic heterocycles. The summed E-state index contributed by atoms with van der Waals surface area (Å²) in [6.45, 7) is 0.527. The van der Waals surface area contributed by atoms with Crippen molar-refractivity contribution in [2.75, 3.05) is 18.5 Å². The van der Waals surface area contributed by atoms with Gasteiger partial charge < -0.3 is 10.4 Å². The van der Waals surface area contributed by atoms with E-state index in [0.29, 0.717) is 12.5 Å². The number of aliphatic hydroxyl groups excluding tert-OH is 1. The van der Waals surface area contributed by atoms with E-state index in [4.69, 9.17) is 5.11 Å². The number of aromatic nitrogens is 2. The minimum Gasteiger partial charge on any atom is -0.395 e. The molecule has 17 heavy (non-hydrogen) atoms. The van der Waals surface area contributed by atoms with Gasteiger partial charge in [-0.2, -0.15) is 0 Å². The molecule has 0 saturated carbocycles. The summed E-state index contributed by atoms with van der Waals surface area (Å²) < 4.78 is 0. The second kappa shape index (κ2) is 6.22. The van der Waals surface area contributed by atoms with Crippen LogP contribution in [0.15, 0.2) is 52.5 Å². The van der Waals surface area contributed by atoms with Gasteiger partial charge in [0.2, 0.25) is 5.95 Å². The molecule has 0 aliphatic carbocycles. The number of benzene rings is 1. The summed E-state index contributed by atoms with van der Waals surface area (Å²) in [5.41, 5.74) is 0. The molecule has 0 spiro atoms. The van der Waals surface area contributed by atoms with Gasteiger partial charge in [-0.1, -0.05) is 30.0 Å². The van der Waals surface area contributed by atoms with Crippen LogP contribution in [0, 0.1) is 0 Å². The maximum atomic E-state index is 8.71. The van der Waals surface area contributed by atoms with Gasteiger partial charge in [0.05, 0.1) is 6.61 Å². The number of aliphatic hydroxyl groups is 1. The van der Waals surface area contributed by atoms with Crippen molar-refractivity contribution in [1.82, 2.24) is 9.97 Å². The second-order valence-corrected chi connectivity index (χ2v) is 4.38. The Labute approximate surface area is 104 Å². The quantitative estimate of drug-likeness (QED) is 0.792. The Morgan fingerprint density at radius 2 is 2.00 bits per heavy atom. The summed E-state index contributed by atoms with van der Waals surface area (Å²) in [5, 5.41) is 12.5. The highest BCUT2D eigenvalue weighted by molar-refractivity contribution is 7.99. The number of hydrogen-bond donors (Lipinski definition) is 2. The highest BCUT2D eigenvalue weighted by Crippen LogP contribution is 2.25. The molecule has 1 heterocycles. The zero-order valence-electron chi connectivity index (χ0n) is 9.21. The second-order valence-electron chi connectivity index (χ2n) is 3.28. The van der Waals surface area contributed by atoms with Gasteiger partial charge in [0.1, 0.15) is 5.03 Å². The number of hydrogen-bond acceptors (Lipinski definition) is 5. The minimum absolute atomic E-state index is 0.0689. The van der Waals surface area contributed by atoms with E-state index in [1.165, 1.54) is 0 Å². The number of nitrogens with zero attached hydrogens (tertiary/aromatic N) is 2. The fraction of sp³-hybridized carbons (Fsp3) is 0.167. The van der Waals surface area contributed by atoms with Gasteiger partial charge in [0, 0.05) is 17.6 Å². The lowest BCUT2D eigenvalue weighted by Crippen LogP contribution is -2.08. The molecule has 88 valence electrons. The molecule has 0 saturated heterocycles. The molecule has 0 unspecified atom stereocenters. The number of anilines is 1. The molecule has 1 aromatic carbocycles. The van der Waals surface area contributed by atoms with Crippen molar-refractivity contribution in [3.63, 3.8) is 0 Å². The molecule has 2 N–H and O–H groups in total. The van der Waals surface area contributed by atoms with Crippen molar-refractivity contribution in [3.05, 3.63) is 42.6 Å². The number of rotatable bonds is 5. The summed E-state index contributed by atoms with van der Waals surface area (Å²) in [6, 6.07) is 11.9. The highest BCUT2D eigenvalue weighted by atomic mass is 32.2. The smallest absolute Gasteiger partial charge is 0.223 e. The van der Waals surface area contributed by atoms with E-state index in [0.717, 1.165) is 9.92 Å². The maximum absolute atomic E-state index is 8.71. The Bertz CT molecular complexity index is 464. The number of nitrogens with one attached hydrogen (secondary N) is 1. The molecule has 5 heteroatoms. The Balaban J connectivity index is 2.06. The molecule has 2 aromatic rings. The van der Waals surface area contributed by atoms with Crippen molar-refractivity contribution in [2.45, 2.75) is 9.92 Å². The molecule has 0 aliphatic heterocycles. The standard InChI is InChI=1S/C12H13N3OS/c16-9-8-14-12-13-7-6-11(15-12)17-10-4-2-1-3-5-10/h1-7,16H,8-9H2,(H,13,14,15). The molecule has 0 atom stereocenters. The molecule has 0 aliphatic rings. The van der Waals surface area contributed by atoms with Crippen LogP contribution in [-0.2, 0) is 0 Å². The first-order valence-corrected chi connectivity index (χ1v) is 6.11. The monoisotopic (exact) mass is 247 g/mol. The summed E-state index contributed by atoms with van der Waals surface area (Å²) in [6.07, 6.45) is 1.71. The van der Waals surface area contributed by atoms with Crippen LogP contribution in [0.3, 0.4) is 0 Å². The predicted molar refractivity (Wildman–Crippen MR) is 68.2 cm³/mol. The van der Waals surface area contributed by atoms with Crippen LogP contribution in [0.2, 0.25) is 0 Å². The fourth-order valence-electron chi connectivity index (χ4n) is 1.26. The molecule has 0 amide bonds. The molecule has 0 fully saturated rings.